The van der Waals surface area contributed by atoms with E-state index in [1.165, 1.54) is 31.3 Å². The maximum atomic E-state index is 4.04. The lowest BCUT2D eigenvalue weighted by atomic mass is 9.82. The predicted octanol–water partition coefficient (Wildman–Crippen LogP) is 3.12. The maximum Gasteiger partial charge on any atom is 0.00698 e. The summed E-state index contributed by atoms with van der Waals surface area (Å²) < 4.78 is 0. The van der Waals surface area contributed by atoms with Crippen LogP contribution < -0.4 is 5.32 Å². The van der Waals surface area contributed by atoms with Crippen LogP contribution >= 0.6 is 0 Å². The van der Waals surface area contributed by atoms with Gasteiger partial charge in [-0.15, -0.1) is 0 Å². The van der Waals surface area contributed by atoms with Crippen LogP contribution in [0.5, 0.6) is 0 Å². The molecule has 13 heavy (non-hydrogen) atoms. The van der Waals surface area contributed by atoms with Gasteiger partial charge in [0.05, 0.1) is 0 Å². The molecule has 0 radical (unpaired) electrons. The molecule has 1 rings (SSSR count). The van der Waals surface area contributed by atoms with Crippen molar-refractivity contribution in [2.45, 2.75) is 58.5 Å². The zero-order chi connectivity index (χ0) is 9.84. The molecule has 0 unspecified atom stereocenters. The Balaban J connectivity index is 2.26. The van der Waals surface area contributed by atoms with Crippen molar-refractivity contribution in [2.75, 3.05) is 0 Å². The minimum absolute atomic E-state index is 0.631. The molecular weight excluding hydrogens is 158 g/mol. The molecule has 0 spiro atoms. The van der Waals surface area contributed by atoms with E-state index >= 15 is 0 Å². The first kappa shape index (κ1) is 10.8. The monoisotopic (exact) mass is 181 g/mol. The highest BCUT2D eigenvalue weighted by molar-refractivity contribution is 4.98. The first-order chi connectivity index (χ1) is 6.09. The van der Waals surface area contributed by atoms with Crippen LogP contribution in [0.3, 0.4) is 0 Å². The number of nitrogens with one attached hydrogen (secondary N) is 1. The molecule has 0 saturated heterocycles. The minimum Gasteiger partial charge on any atom is -0.312 e. The summed E-state index contributed by atoms with van der Waals surface area (Å²) in [6.07, 6.45) is 5.32. The molecule has 1 heteroatoms. The summed E-state index contributed by atoms with van der Waals surface area (Å²) >= 11 is 0. The molecule has 1 fully saturated rings. The maximum absolute atomic E-state index is 4.04. The van der Waals surface area contributed by atoms with Gasteiger partial charge in [-0.25, -0.2) is 0 Å². The molecule has 0 amide bonds. The van der Waals surface area contributed by atoms with E-state index in [9.17, 15) is 0 Å². The van der Waals surface area contributed by atoms with Crippen LogP contribution in [0.25, 0.3) is 0 Å². The second-order valence-electron chi connectivity index (χ2n) is 4.72. The third kappa shape index (κ3) is 3.51. The number of hydrogen-bond acceptors (Lipinski definition) is 1. The van der Waals surface area contributed by atoms with E-state index in [4.69, 9.17) is 0 Å². The highest BCUT2D eigenvalue weighted by Crippen LogP contribution is 2.28. The van der Waals surface area contributed by atoms with Crippen molar-refractivity contribution in [3.63, 3.8) is 0 Å². The SMILES string of the molecule is C=C(C)C1CCC(NC(C)C)CC1. The zero-order valence-electron chi connectivity index (χ0n) is 9.27. The number of hydrogen-bond donors (Lipinski definition) is 1. The smallest absolute Gasteiger partial charge is 0.00698 e. The van der Waals surface area contributed by atoms with Crippen molar-refractivity contribution < 1.29 is 0 Å². The second kappa shape index (κ2) is 4.80. The largest absolute Gasteiger partial charge is 0.312 e. The van der Waals surface area contributed by atoms with Gasteiger partial charge in [0.25, 0.3) is 0 Å². The topological polar surface area (TPSA) is 12.0 Å². The van der Waals surface area contributed by atoms with Crippen molar-refractivity contribution in [2.24, 2.45) is 5.92 Å². The summed E-state index contributed by atoms with van der Waals surface area (Å²) in [5, 5.41) is 3.61. The summed E-state index contributed by atoms with van der Waals surface area (Å²) in [6.45, 7) is 10.7. The Morgan fingerprint density at radius 3 is 2.15 bits per heavy atom. The van der Waals surface area contributed by atoms with Gasteiger partial charge >= 0.3 is 0 Å². The summed E-state index contributed by atoms with van der Waals surface area (Å²) in [7, 11) is 0. The van der Waals surface area contributed by atoms with E-state index in [1.54, 1.807) is 0 Å². The molecule has 0 aromatic carbocycles. The van der Waals surface area contributed by atoms with Crippen molar-refractivity contribution in [3.8, 4) is 0 Å². The average Bonchev–Trinajstić information content (AvgIpc) is 2.04. The van der Waals surface area contributed by atoms with E-state index in [0.717, 1.165) is 12.0 Å². The lowest BCUT2D eigenvalue weighted by Gasteiger charge is -2.30. The Bertz CT molecular complexity index is 164. The highest BCUT2D eigenvalue weighted by Gasteiger charge is 2.21. The first-order valence-corrected chi connectivity index (χ1v) is 5.51. The standard InChI is InChI=1S/C12H23N/c1-9(2)11-5-7-12(8-6-11)13-10(3)4/h10-13H,1,5-8H2,2-4H3. The van der Waals surface area contributed by atoms with Crippen molar-refractivity contribution in [3.05, 3.63) is 12.2 Å². The van der Waals surface area contributed by atoms with Gasteiger partial charge in [0.15, 0.2) is 0 Å². The fourth-order valence-corrected chi connectivity index (χ4v) is 2.22. The molecule has 0 atom stereocenters. The molecule has 0 aromatic rings. The van der Waals surface area contributed by atoms with Crippen molar-refractivity contribution in [1.82, 2.24) is 5.32 Å². The first-order valence-electron chi connectivity index (χ1n) is 5.51. The molecule has 1 aliphatic carbocycles. The second-order valence-corrected chi connectivity index (χ2v) is 4.72. The number of rotatable bonds is 3. The third-order valence-corrected chi connectivity index (χ3v) is 2.99. The van der Waals surface area contributed by atoms with Gasteiger partial charge in [-0.1, -0.05) is 26.0 Å². The van der Waals surface area contributed by atoms with Gasteiger partial charge in [-0.2, -0.15) is 0 Å². The Morgan fingerprint density at radius 2 is 1.77 bits per heavy atom. The van der Waals surface area contributed by atoms with E-state index in [0.29, 0.717) is 6.04 Å². The quantitative estimate of drug-likeness (QED) is 0.660. The van der Waals surface area contributed by atoms with E-state index in [1.807, 2.05) is 0 Å². The summed E-state index contributed by atoms with van der Waals surface area (Å²) in [5.41, 5.74) is 1.38. The van der Waals surface area contributed by atoms with Crippen molar-refractivity contribution >= 4 is 0 Å². The van der Waals surface area contributed by atoms with Crippen LogP contribution in [0.2, 0.25) is 0 Å². The fourth-order valence-electron chi connectivity index (χ4n) is 2.22. The molecule has 1 N–H and O–H groups in total. The van der Waals surface area contributed by atoms with Crippen LogP contribution in [0.4, 0.5) is 0 Å². The average molecular weight is 181 g/mol. The molecule has 0 aliphatic heterocycles. The van der Waals surface area contributed by atoms with Gasteiger partial charge < -0.3 is 5.32 Å². The van der Waals surface area contributed by atoms with E-state index < -0.39 is 0 Å². The lowest BCUT2D eigenvalue weighted by Crippen LogP contribution is -2.37. The van der Waals surface area contributed by atoms with Gasteiger partial charge in [-0.05, 0) is 38.5 Å². The predicted molar refractivity (Wildman–Crippen MR) is 58.8 cm³/mol. The minimum atomic E-state index is 0.631. The van der Waals surface area contributed by atoms with Gasteiger partial charge in [-0.3, -0.25) is 0 Å². The molecular formula is C12H23N. The summed E-state index contributed by atoms with van der Waals surface area (Å²) in [4.78, 5) is 0. The number of allylic oxidation sites excluding steroid dienone is 1. The molecule has 0 heterocycles. The summed E-state index contributed by atoms with van der Waals surface area (Å²) in [5.74, 6) is 0.796. The van der Waals surface area contributed by atoms with Gasteiger partial charge in [0, 0.05) is 12.1 Å². The van der Waals surface area contributed by atoms with Crippen LogP contribution in [0.15, 0.2) is 12.2 Å². The Kier molecular flexibility index (Phi) is 3.98. The third-order valence-electron chi connectivity index (χ3n) is 2.99. The normalized spacial score (nSPS) is 29.2. The molecule has 1 saturated carbocycles. The lowest BCUT2D eigenvalue weighted by molar-refractivity contribution is 0.305. The zero-order valence-corrected chi connectivity index (χ0v) is 9.27. The highest BCUT2D eigenvalue weighted by atomic mass is 14.9. The van der Waals surface area contributed by atoms with E-state index in [2.05, 4.69) is 32.7 Å². The molecule has 1 aliphatic rings. The van der Waals surface area contributed by atoms with E-state index in [-0.39, 0.29) is 0 Å². The molecule has 76 valence electrons. The van der Waals surface area contributed by atoms with Crippen LogP contribution in [-0.4, -0.2) is 12.1 Å². The summed E-state index contributed by atoms with van der Waals surface area (Å²) in [6, 6.07) is 1.39. The van der Waals surface area contributed by atoms with Gasteiger partial charge in [0.2, 0.25) is 0 Å². The fraction of sp³-hybridized carbons (Fsp3) is 0.833. The molecule has 0 aromatic heterocycles. The van der Waals surface area contributed by atoms with Crippen molar-refractivity contribution in [1.29, 1.82) is 0 Å². The Hall–Kier alpha value is -0.300. The molecule has 0 bridgehead atoms. The molecule has 1 nitrogen and oxygen atoms in total. The van der Waals surface area contributed by atoms with Crippen LogP contribution in [0.1, 0.15) is 46.5 Å². The Morgan fingerprint density at radius 1 is 1.23 bits per heavy atom. The van der Waals surface area contributed by atoms with Gasteiger partial charge in [0.1, 0.15) is 0 Å². The van der Waals surface area contributed by atoms with Crippen LogP contribution in [0, 0.1) is 5.92 Å². The Labute approximate surface area is 82.6 Å². The van der Waals surface area contributed by atoms with Crippen LogP contribution in [-0.2, 0) is 0 Å².